The summed E-state index contributed by atoms with van der Waals surface area (Å²) in [5.41, 5.74) is 0.469. The smallest absolute Gasteiger partial charge is 0.240 e. The fourth-order valence-electron chi connectivity index (χ4n) is 5.04. The van der Waals surface area contributed by atoms with Gasteiger partial charge in [0.05, 0.1) is 11.1 Å². The Morgan fingerprint density at radius 3 is 2.77 bits per heavy atom. The molecule has 7 heteroatoms. The van der Waals surface area contributed by atoms with Crippen molar-refractivity contribution in [3.05, 3.63) is 58.6 Å². The highest BCUT2D eigenvalue weighted by Crippen LogP contribution is 2.43. The van der Waals surface area contributed by atoms with E-state index in [0.29, 0.717) is 38.9 Å². The fraction of sp³-hybridized carbons (Fsp3) is 0.522. The lowest BCUT2D eigenvalue weighted by atomic mass is 9.68. The molecule has 0 aromatic heterocycles. The van der Waals surface area contributed by atoms with E-state index < -0.39 is 12.0 Å². The predicted octanol–water partition coefficient (Wildman–Crippen LogP) is 4.65. The third-order valence-electron chi connectivity index (χ3n) is 6.87. The molecular weight excluding hydrogens is 410 g/mol. The molecule has 1 aromatic carbocycles. The van der Waals surface area contributed by atoms with Crippen LogP contribution in [0.3, 0.4) is 0 Å². The number of hydrogen-bond donors (Lipinski definition) is 1. The summed E-state index contributed by atoms with van der Waals surface area (Å²) < 4.78 is 28.6. The van der Waals surface area contributed by atoms with Crippen molar-refractivity contribution < 1.29 is 18.7 Å². The molecule has 2 fully saturated rings. The zero-order valence-corrected chi connectivity index (χ0v) is 17.8. The van der Waals surface area contributed by atoms with E-state index in [-0.39, 0.29) is 40.6 Å². The third-order valence-corrected chi connectivity index (χ3v) is 7.16. The molecule has 1 amide bonds. The lowest BCUT2D eigenvalue weighted by molar-refractivity contribution is -0.134. The quantitative estimate of drug-likeness (QED) is 0.747. The summed E-state index contributed by atoms with van der Waals surface area (Å²) in [6.45, 7) is 3.94. The summed E-state index contributed by atoms with van der Waals surface area (Å²) in [7, 11) is 0. The van der Waals surface area contributed by atoms with Crippen LogP contribution >= 0.6 is 11.6 Å². The van der Waals surface area contributed by atoms with Gasteiger partial charge in [-0.1, -0.05) is 30.7 Å². The highest BCUT2D eigenvalue weighted by molar-refractivity contribution is 6.30. The molecule has 0 saturated carbocycles. The number of likely N-dealkylation sites (tertiary alicyclic amines) is 2. The van der Waals surface area contributed by atoms with Gasteiger partial charge in [-0.25, -0.2) is 8.78 Å². The minimum absolute atomic E-state index is 0.00210. The minimum Gasteiger partial charge on any atom is -0.508 e. The van der Waals surface area contributed by atoms with Crippen molar-refractivity contribution in [2.75, 3.05) is 19.6 Å². The lowest BCUT2D eigenvalue weighted by Crippen LogP contribution is -2.52. The van der Waals surface area contributed by atoms with Crippen LogP contribution in [0.5, 0.6) is 0 Å². The van der Waals surface area contributed by atoms with Gasteiger partial charge in [0.2, 0.25) is 5.91 Å². The minimum atomic E-state index is -1.03. The molecule has 3 aliphatic rings. The van der Waals surface area contributed by atoms with E-state index in [1.807, 2.05) is 17.9 Å². The highest BCUT2D eigenvalue weighted by atomic mass is 35.5. The Labute approximate surface area is 180 Å². The van der Waals surface area contributed by atoms with Crippen LogP contribution in [0.15, 0.2) is 42.2 Å². The number of nitrogens with zero attached hydrogens (tertiary/aromatic N) is 2. The van der Waals surface area contributed by atoms with Crippen molar-refractivity contribution >= 4 is 17.5 Å². The normalized spacial score (nSPS) is 32.5. The Bertz CT molecular complexity index is 890. The molecule has 2 saturated heterocycles. The topological polar surface area (TPSA) is 43.8 Å². The fourth-order valence-corrected chi connectivity index (χ4v) is 5.25. The van der Waals surface area contributed by atoms with Crippen molar-refractivity contribution in [1.82, 2.24) is 9.80 Å². The van der Waals surface area contributed by atoms with E-state index in [0.717, 1.165) is 5.56 Å². The summed E-state index contributed by atoms with van der Waals surface area (Å²) in [4.78, 5) is 16.7. The van der Waals surface area contributed by atoms with Crippen LogP contribution in [0.2, 0.25) is 5.02 Å². The van der Waals surface area contributed by atoms with Crippen molar-refractivity contribution in [3.8, 4) is 0 Å². The maximum Gasteiger partial charge on any atom is 0.240 e. The van der Waals surface area contributed by atoms with E-state index >= 15 is 4.39 Å². The molecule has 0 radical (unpaired) electrons. The SMILES string of the molecule is CC1([C@@H]2CCN(C3CCN(Cc4ccc(F)c(Cl)c4)C3=O)C[C@H]2F)C=CC(O)=CC1. The van der Waals surface area contributed by atoms with Crippen LogP contribution in [-0.2, 0) is 11.3 Å². The van der Waals surface area contributed by atoms with Gasteiger partial charge in [-0.15, -0.1) is 0 Å². The molecule has 2 heterocycles. The number of aliphatic hydroxyl groups excluding tert-OH is 1. The number of halogens is 3. The number of hydrogen-bond acceptors (Lipinski definition) is 3. The summed E-state index contributed by atoms with van der Waals surface area (Å²) in [5, 5.41) is 9.63. The number of carbonyl (C=O) groups excluding carboxylic acids is 1. The number of rotatable bonds is 4. The Morgan fingerprint density at radius 1 is 1.30 bits per heavy atom. The molecule has 2 unspecified atom stereocenters. The van der Waals surface area contributed by atoms with E-state index in [4.69, 9.17) is 11.6 Å². The van der Waals surface area contributed by atoms with Crippen LogP contribution in [0.4, 0.5) is 8.78 Å². The van der Waals surface area contributed by atoms with Gasteiger partial charge in [0.1, 0.15) is 17.7 Å². The third kappa shape index (κ3) is 4.12. The average Bonchev–Trinajstić information content (AvgIpc) is 3.07. The first-order chi connectivity index (χ1) is 14.3. The second-order valence-electron chi connectivity index (χ2n) is 8.89. The molecule has 4 nitrogen and oxygen atoms in total. The van der Waals surface area contributed by atoms with Crippen LogP contribution in [0.1, 0.15) is 31.7 Å². The van der Waals surface area contributed by atoms with Gasteiger partial charge in [-0.2, -0.15) is 0 Å². The van der Waals surface area contributed by atoms with E-state index in [9.17, 15) is 14.3 Å². The van der Waals surface area contributed by atoms with Gasteiger partial charge in [-0.3, -0.25) is 9.69 Å². The lowest BCUT2D eigenvalue weighted by Gasteiger charge is -2.44. The number of allylic oxidation sites excluding steroid dienone is 3. The molecule has 4 rings (SSSR count). The molecule has 1 aromatic rings. The Hall–Kier alpha value is -1.92. The second kappa shape index (κ2) is 8.31. The maximum atomic E-state index is 15.2. The van der Waals surface area contributed by atoms with Crippen LogP contribution < -0.4 is 0 Å². The van der Waals surface area contributed by atoms with Crippen molar-refractivity contribution in [2.24, 2.45) is 11.3 Å². The number of carbonyl (C=O) groups is 1. The van der Waals surface area contributed by atoms with Gasteiger partial charge in [-0.05, 0) is 61.1 Å². The first kappa shape index (κ1) is 21.3. The Kier molecular flexibility index (Phi) is 5.90. The van der Waals surface area contributed by atoms with Gasteiger partial charge in [0, 0.05) is 25.6 Å². The predicted molar refractivity (Wildman–Crippen MR) is 112 cm³/mol. The zero-order valence-electron chi connectivity index (χ0n) is 17.0. The van der Waals surface area contributed by atoms with Crippen LogP contribution in [-0.4, -0.2) is 52.7 Å². The van der Waals surface area contributed by atoms with Gasteiger partial charge in [0.15, 0.2) is 0 Å². The number of alkyl halides is 1. The summed E-state index contributed by atoms with van der Waals surface area (Å²) >= 11 is 5.85. The number of amides is 1. The average molecular weight is 437 g/mol. The molecule has 2 aliphatic heterocycles. The summed E-state index contributed by atoms with van der Waals surface area (Å²) in [5.74, 6) is -0.379. The molecule has 4 atom stereocenters. The van der Waals surface area contributed by atoms with Crippen LogP contribution in [0.25, 0.3) is 0 Å². The first-order valence-corrected chi connectivity index (χ1v) is 10.8. The molecular formula is C23H27ClF2N2O2. The Morgan fingerprint density at radius 2 is 2.10 bits per heavy atom. The van der Waals surface area contributed by atoms with Gasteiger partial charge in [0.25, 0.3) is 0 Å². The first-order valence-electron chi connectivity index (χ1n) is 10.5. The van der Waals surface area contributed by atoms with Crippen molar-refractivity contribution in [3.63, 3.8) is 0 Å². The summed E-state index contributed by atoms with van der Waals surface area (Å²) in [6.07, 6.45) is 6.26. The second-order valence-corrected chi connectivity index (χ2v) is 9.30. The van der Waals surface area contributed by atoms with E-state index in [1.165, 1.54) is 6.07 Å². The van der Waals surface area contributed by atoms with Crippen LogP contribution in [0, 0.1) is 17.2 Å². The van der Waals surface area contributed by atoms with Gasteiger partial charge >= 0.3 is 0 Å². The maximum absolute atomic E-state index is 15.2. The monoisotopic (exact) mass is 436 g/mol. The molecule has 162 valence electrons. The van der Waals surface area contributed by atoms with E-state index in [1.54, 1.807) is 29.2 Å². The zero-order chi connectivity index (χ0) is 21.5. The Balaban J connectivity index is 1.37. The molecule has 1 aliphatic carbocycles. The largest absolute Gasteiger partial charge is 0.508 e. The number of aliphatic hydroxyl groups is 1. The highest BCUT2D eigenvalue weighted by Gasteiger charge is 2.45. The number of benzene rings is 1. The number of piperidine rings is 1. The summed E-state index contributed by atoms with van der Waals surface area (Å²) in [6, 6.07) is 4.18. The molecule has 1 N–H and O–H groups in total. The molecule has 30 heavy (non-hydrogen) atoms. The van der Waals surface area contributed by atoms with Gasteiger partial charge < -0.3 is 10.0 Å². The van der Waals surface area contributed by atoms with Crippen molar-refractivity contribution in [1.29, 1.82) is 0 Å². The van der Waals surface area contributed by atoms with Crippen molar-refractivity contribution in [2.45, 2.75) is 44.9 Å². The van der Waals surface area contributed by atoms with E-state index in [2.05, 4.69) is 0 Å². The standard InChI is InChI=1S/C23H27ClF2N2O2/c1-23(8-4-16(29)5-9-23)17-6-10-27(14-20(17)26)21-7-11-28(22(21)30)13-15-2-3-19(25)18(24)12-15/h2-5,8,12,17,20-21,29H,6-7,9-11,13-14H2,1H3/t17-,20-,21?,23?/m1/s1. The molecule has 0 spiro atoms. The molecule has 0 bridgehead atoms.